The van der Waals surface area contributed by atoms with Crippen LogP contribution in [0.5, 0.6) is 5.75 Å². The largest absolute Gasteiger partial charge is 0.481 e. The van der Waals surface area contributed by atoms with Crippen LogP contribution in [0.4, 0.5) is 8.78 Å². The average molecular weight is 262 g/mol. The van der Waals surface area contributed by atoms with Gasteiger partial charge in [0.15, 0.2) is 0 Å². The highest BCUT2D eigenvalue weighted by atomic mass is 19.3. The zero-order chi connectivity index (χ0) is 13.7. The first kappa shape index (κ1) is 14.3. The predicted octanol–water partition coefficient (Wildman–Crippen LogP) is 1.16. The lowest BCUT2D eigenvalue weighted by Gasteiger charge is -2.17. The Morgan fingerprint density at radius 3 is 2.56 bits per heavy atom. The summed E-state index contributed by atoms with van der Waals surface area (Å²) in [5, 5.41) is 27.5. The summed E-state index contributed by atoms with van der Waals surface area (Å²) in [5.41, 5.74) is 0.0990. The Kier molecular flexibility index (Phi) is 4.99. The highest BCUT2D eigenvalue weighted by Crippen LogP contribution is 2.24. The molecule has 0 aromatic heterocycles. The number of carboxylic acid groups (broad SMARTS) is 1. The molecule has 5 nitrogen and oxygen atoms in total. The van der Waals surface area contributed by atoms with Gasteiger partial charge in [0, 0.05) is 0 Å². The Morgan fingerprint density at radius 2 is 2.00 bits per heavy atom. The number of benzene rings is 1. The first-order valence-electron chi connectivity index (χ1n) is 5.03. The van der Waals surface area contributed by atoms with Crippen molar-refractivity contribution in [2.24, 2.45) is 0 Å². The quantitative estimate of drug-likeness (QED) is 0.716. The summed E-state index contributed by atoms with van der Waals surface area (Å²) in [5.74, 6) is -1.45. The Bertz CT molecular complexity index is 410. The fourth-order valence-corrected chi connectivity index (χ4v) is 1.39. The summed E-state index contributed by atoms with van der Waals surface area (Å²) >= 11 is 0. The Morgan fingerprint density at radius 1 is 1.33 bits per heavy atom. The number of alkyl halides is 2. The van der Waals surface area contributed by atoms with E-state index in [1.54, 1.807) is 0 Å². The Hall–Kier alpha value is -1.73. The van der Waals surface area contributed by atoms with E-state index >= 15 is 0 Å². The summed E-state index contributed by atoms with van der Waals surface area (Å²) < 4.78 is 28.1. The molecule has 7 heteroatoms. The minimum absolute atomic E-state index is 0.0990. The first-order valence-corrected chi connectivity index (χ1v) is 5.03. The van der Waals surface area contributed by atoms with E-state index in [1.807, 2.05) is 0 Å². The van der Waals surface area contributed by atoms with Crippen molar-refractivity contribution in [1.29, 1.82) is 0 Å². The van der Waals surface area contributed by atoms with Crippen LogP contribution in [-0.4, -0.2) is 34.0 Å². The highest BCUT2D eigenvalue weighted by molar-refractivity contribution is 5.67. The van der Waals surface area contributed by atoms with Gasteiger partial charge < -0.3 is 20.1 Å². The van der Waals surface area contributed by atoms with E-state index in [0.717, 1.165) is 6.07 Å². The third-order valence-electron chi connectivity index (χ3n) is 2.17. The van der Waals surface area contributed by atoms with E-state index in [9.17, 15) is 23.8 Å². The molecule has 2 unspecified atom stereocenters. The van der Waals surface area contributed by atoms with Crippen molar-refractivity contribution >= 4 is 5.97 Å². The van der Waals surface area contributed by atoms with Crippen LogP contribution in [0.2, 0.25) is 0 Å². The molecule has 0 fully saturated rings. The number of rotatable bonds is 6. The molecule has 0 heterocycles. The van der Waals surface area contributed by atoms with Crippen molar-refractivity contribution < 1.29 is 33.6 Å². The molecule has 1 aromatic rings. The normalized spacial score (nSPS) is 14.3. The van der Waals surface area contributed by atoms with Gasteiger partial charge >= 0.3 is 12.6 Å². The van der Waals surface area contributed by atoms with Gasteiger partial charge in [0.05, 0.1) is 12.5 Å². The molecule has 2 atom stereocenters. The van der Waals surface area contributed by atoms with Crippen molar-refractivity contribution in [2.45, 2.75) is 25.2 Å². The standard InChI is InChI=1S/C11H12F2O5/c12-11(13)18-7-3-1-2-6(4-7)10(17)8(14)5-9(15)16/h1-4,8,10-11,14,17H,5H2,(H,15,16). The lowest BCUT2D eigenvalue weighted by Crippen LogP contribution is -2.21. The fourth-order valence-electron chi connectivity index (χ4n) is 1.39. The fraction of sp³-hybridized carbons (Fsp3) is 0.364. The molecule has 1 aromatic carbocycles. The Balaban J connectivity index is 2.79. The number of halogens is 2. The molecule has 0 spiro atoms. The number of aliphatic hydroxyl groups is 2. The zero-order valence-electron chi connectivity index (χ0n) is 9.16. The molecule has 0 aliphatic heterocycles. The van der Waals surface area contributed by atoms with E-state index in [0.29, 0.717) is 0 Å². The highest BCUT2D eigenvalue weighted by Gasteiger charge is 2.21. The van der Waals surface area contributed by atoms with E-state index in [4.69, 9.17) is 5.11 Å². The molecular weight excluding hydrogens is 250 g/mol. The Labute approximate surface area is 101 Å². The second-order valence-electron chi connectivity index (χ2n) is 3.56. The van der Waals surface area contributed by atoms with Crippen LogP contribution < -0.4 is 4.74 Å². The molecule has 0 aliphatic carbocycles. The molecule has 18 heavy (non-hydrogen) atoms. The van der Waals surface area contributed by atoms with Crippen LogP contribution in [0.25, 0.3) is 0 Å². The van der Waals surface area contributed by atoms with E-state index in [2.05, 4.69) is 4.74 Å². The van der Waals surface area contributed by atoms with Crippen molar-refractivity contribution in [2.75, 3.05) is 0 Å². The van der Waals surface area contributed by atoms with Gasteiger partial charge in [0.2, 0.25) is 0 Å². The predicted molar refractivity (Wildman–Crippen MR) is 56.3 cm³/mol. The topological polar surface area (TPSA) is 87.0 Å². The summed E-state index contributed by atoms with van der Waals surface area (Å²) in [6.07, 6.45) is -3.66. The van der Waals surface area contributed by atoms with Gasteiger partial charge in [-0.25, -0.2) is 0 Å². The van der Waals surface area contributed by atoms with E-state index in [1.165, 1.54) is 18.2 Å². The number of hydrogen-bond donors (Lipinski definition) is 3. The van der Waals surface area contributed by atoms with Crippen LogP contribution in [0, 0.1) is 0 Å². The van der Waals surface area contributed by atoms with Gasteiger partial charge in [-0.15, -0.1) is 0 Å². The molecule has 0 aliphatic rings. The van der Waals surface area contributed by atoms with Gasteiger partial charge in [-0.2, -0.15) is 8.78 Å². The van der Waals surface area contributed by atoms with Crippen LogP contribution in [0.3, 0.4) is 0 Å². The maximum atomic E-state index is 12.0. The SMILES string of the molecule is O=C(O)CC(O)C(O)c1cccc(OC(F)F)c1. The monoisotopic (exact) mass is 262 g/mol. The molecule has 1 rings (SSSR count). The third kappa shape index (κ3) is 4.27. The number of hydrogen-bond acceptors (Lipinski definition) is 4. The number of carboxylic acids is 1. The van der Waals surface area contributed by atoms with Crippen molar-refractivity contribution in [1.82, 2.24) is 0 Å². The molecule has 0 amide bonds. The third-order valence-corrected chi connectivity index (χ3v) is 2.17. The molecule has 3 N–H and O–H groups in total. The summed E-state index contributed by atoms with van der Waals surface area (Å²) in [6, 6.07) is 5.09. The zero-order valence-corrected chi connectivity index (χ0v) is 9.16. The van der Waals surface area contributed by atoms with Crippen LogP contribution in [0.15, 0.2) is 24.3 Å². The number of aliphatic carboxylic acids is 1. The van der Waals surface area contributed by atoms with Crippen molar-refractivity contribution in [3.8, 4) is 5.75 Å². The summed E-state index contributed by atoms with van der Waals surface area (Å²) in [7, 11) is 0. The summed E-state index contributed by atoms with van der Waals surface area (Å²) in [4.78, 5) is 10.4. The molecule has 0 bridgehead atoms. The lowest BCUT2D eigenvalue weighted by atomic mass is 10.0. The van der Waals surface area contributed by atoms with Gasteiger partial charge in [-0.05, 0) is 17.7 Å². The minimum atomic E-state index is -3.00. The maximum absolute atomic E-state index is 12.0. The molecule has 0 saturated heterocycles. The van der Waals surface area contributed by atoms with Crippen LogP contribution in [-0.2, 0) is 4.79 Å². The first-order chi connectivity index (χ1) is 8.40. The van der Waals surface area contributed by atoms with Crippen molar-refractivity contribution in [3.05, 3.63) is 29.8 Å². The van der Waals surface area contributed by atoms with Crippen molar-refractivity contribution in [3.63, 3.8) is 0 Å². The van der Waals surface area contributed by atoms with Gasteiger partial charge in [-0.1, -0.05) is 12.1 Å². The maximum Gasteiger partial charge on any atom is 0.387 e. The molecule has 0 saturated carbocycles. The minimum Gasteiger partial charge on any atom is -0.481 e. The molecular formula is C11H12F2O5. The number of aliphatic hydroxyl groups excluding tert-OH is 2. The van der Waals surface area contributed by atoms with Crippen LogP contribution >= 0.6 is 0 Å². The van der Waals surface area contributed by atoms with Crippen LogP contribution in [0.1, 0.15) is 18.1 Å². The molecule has 0 radical (unpaired) electrons. The van der Waals surface area contributed by atoms with Gasteiger partial charge in [-0.3, -0.25) is 4.79 Å². The van der Waals surface area contributed by atoms with E-state index in [-0.39, 0.29) is 11.3 Å². The number of ether oxygens (including phenoxy) is 1. The molecule has 100 valence electrons. The van der Waals surface area contributed by atoms with E-state index < -0.39 is 31.2 Å². The smallest absolute Gasteiger partial charge is 0.387 e. The number of carbonyl (C=O) groups is 1. The second-order valence-corrected chi connectivity index (χ2v) is 3.56. The van der Waals surface area contributed by atoms with Gasteiger partial charge in [0.25, 0.3) is 0 Å². The second kappa shape index (κ2) is 6.27. The summed E-state index contributed by atoms with van der Waals surface area (Å²) in [6.45, 7) is -3.00. The van der Waals surface area contributed by atoms with Gasteiger partial charge in [0.1, 0.15) is 11.9 Å². The lowest BCUT2D eigenvalue weighted by molar-refractivity contribution is -0.141. The average Bonchev–Trinajstić information content (AvgIpc) is 2.26.